The number of hydrogen-bond donors (Lipinski definition) is 0. The summed E-state index contributed by atoms with van der Waals surface area (Å²) in [4.78, 5) is 0. The first kappa shape index (κ1) is 11.3. The highest BCUT2D eigenvalue weighted by Gasteiger charge is 2.40. The molecule has 1 aliphatic heterocycles. The largest absolute Gasteiger partial charge is 0.487 e. The SMILES string of the molecule is CC(=S)OCC1CCC2(CC1)OCCO2. The van der Waals surface area contributed by atoms with Gasteiger partial charge in [-0.05, 0) is 31.0 Å². The topological polar surface area (TPSA) is 27.7 Å². The lowest BCUT2D eigenvalue weighted by Gasteiger charge is -2.35. The van der Waals surface area contributed by atoms with Gasteiger partial charge in [0.15, 0.2) is 10.8 Å². The van der Waals surface area contributed by atoms with E-state index < -0.39 is 0 Å². The van der Waals surface area contributed by atoms with Crippen LogP contribution < -0.4 is 0 Å². The molecule has 1 spiro atoms. The molecule has 86 valence electrons. The summed E-state index contributed by atoms with van der Waals surface area (Å²) in [6.45, 7) is 4.08. The third kappa shape index (κ3) is 2.89. The van der Waals surface area contributed by atoms with E-state index >= 15 is 0 Å². The Bertz CT molecular complexity index is 226. The molecule has 0 N–H and O–H groups in total. The summed E-state index contributed by atoms with van der Waals surface area (Å²) < 4.78 is 16.7. The molecule has 1 heterocycles. The molecule has 1 saturated carbocycles. The van der Waals surface area contributed by atoms with Crippen molar-refractivity contribution < 1.29 is 14.2 Å². The van der Waals surface area contributed by atoms with Crippen molar-refractivity contribution >= 4 is 17.3 Å². The minimum absolute atomic E-state index is 0.247. The third-order valence-corrected chi connectivity index (χ3v) is 3.32. The molecule has 0 aromatic heterocycles. The van der Waals surface area contributed by atoms with Crippen molar-refractivity contribution in [2.45, 2.75) is 38.4 Å². The summed E-state index contributed by atoms with van der Waals surface area (Å²) in [6.07, 6.45) is 4.22. The van der Waals surface area contributed by atoms with E-state index in [-0.39, 0.29) is 5.79 Å². The Balaban J connectivity index is 1.74. The monoisotopic (exact) mass is 230 g/mol. The number of rotatable bonds is 2. The van der Waals surface area contributed by atoms with Crippen LogP contribution in [-0.2, 0) is 14.2 Å². The maximum atomic E-state index is 5.67. The Kier molecular flexibility index (Phi) is 3.59. The molecular weight excluding hydrogens is 212 g/mol. The van der Waals surface area contributed by atoms with Gasteiger partial charge < -0.3 is 14.2 Å². The Morgan fingerprint density at radius 2 is 1.93 bits per heavy atom. The van der Waals surface area contributed by atoms with Crippen LogP contribution in [0.1, 0.15) is 32.6 Å². The predicted octanol–water partition coefficient (Wildman–Crippen LogP) is 2.28. The first-order valence-electron chi connectivity index (χ1n) is 5.61. The van der Waals surface area contributed by atoms with Crippen molar-refractivity contribution in [2.24, 2.45) is 5.92 Å². The van der Waals surface area contributed by atoms with E-state index in [4.69, 9.17) is 26.4 Å². The van der Waals surface area contributed by atoms with Crippen LogP contribution in [0.25, 0.3) is 0 Å². The lowest BCUT2D eigenvalue weighted by Crippen LogP contribution is -2.36. The minimum Gasteiger partial charge on any atom is -0.487 e. The van der Waals surface area contributed by atoms with Crippen molar-refractivity contribution in [3.05, 3.63) is 0 Å². The zero-order valence-electron chi connectivity index (χ0n) is 9.16. The van der Waals surface area contributed by atoms with Gasteiger partial charge in [-0.15, -0.1) is 0 Å². The van der Waals surface area contributed by atoms with E-state index in [0.717, 1.165) is 45.5 Å². The van der Waals surface area contributed by atoms with Crippen LogP contribution in [0.5, 0.6) is 0 Å². The van der Waals surface area contributed by atoms with Crippen molar-refractivity contribution in [3.8, 4) is 0 Å². The fraction of sp³-hybridized carbons (Fsp3) is 0.909. The van der Waals surface area contributed by atoms with E-state index in [0.29, 0.717) is 11.0 Å². The molecule has 0 aromatic carbocycles. The van der Waals surface area contributed by atoms with Crippen LogP contribution >= 0.6 is 12.2 Å². The van der Waals surface area contributed by atoms with Crippen molar-refractivity contribution in [2.75, 3.05) is 19.8 Å². The van der Waals surface area contributed by atoms with Gasteiger partial charge in [0, 0.05) is 19.8 Å². The number of hydrogen-bond acceptors (Lipinski definition) is 4. The van der Waals surface area contributed by atoms with Gasteiger partial charge in [-0.3, -0.25) is 0 Å². The zero-order valence-corrected chi connectivity index (χ0v) is 9.98. The van der Waals surface area contributed by atoms with E-state index in [1.165, 1.54) is 0 Å². The highest BCUT2D eigenvalue weighted by atomic mass is 32.1. The predicted molar refractivity (Wildman–Crippen MR) is 60.8 cm³/mol. The van der Waals surface area contributed by atoms with Crippen molar-refractivity contribution in [3.63, 3.8) is 0 Å². The number of ether oxygens (including phenoxy) is 3. The first-order valence-corrected chi connectivity index (χ1v) is 6.02. The van der Waals surface area contributed by atoms with Crippen LogP contribution in [0, 0.1) is 5.92 Å². The molecule has 0 amide bonds. The van der Waals surface area contributed by atoms with Crippen LogP contribution in [0.15, 0.2) is 0 Å². The summed E-state index contributed by atoms with van der Waals surface area (Å²) in [5.41, 5.74) is 0. The molecule has 0 atom stereocenters. The van der Waals surface area contributed by atoms with Crippen LogP contribution in [-0.4, -0.2) is 30.7 Å². The third-order valence-electron chi connectivity index (χ3n) is 3.20. The van der Waals surface area contributed by atoms with E-state index in [2.05, 4.69) is 0 Å². The molecule has 0 radical (unpaired) electrons. The van der Waals surface area contributed by atoms with Gasteiger partial charge in [0.05, 0.1) is 19.8 Å². The fourth-order valence-electron chi connectivity index (χ4n) is 2.30. The van der Waals surface area contributed by atoms with Gasteiger partial charge in [0.25, 0.3) is 0 Å². The molecule has 3 nitrogen and oxygen atoms in total. The lowest BCUT2D eigenvalue weighted by molar-refractivity contribution is -0.183. The Labute approximate surface area is 96.1 Å². The average molecular weight is 230 g/mol. The lowest BCUT2D eigenvalue weighted by atomic mass is 9.85. The summed E-state index contributed by atoms with van der Waals surface area (Å²) in [5.74, 6) is 0.366. The van der Waals surface area contributed by atoms with Gasteiger partial charge in [-0.25, -0.2) is 0 Å². The van der Waals surface area contributed by atoms with Gasteiger partial charge in [-0.2, -0.15) is 0 Å². The van der Waals surface area contributed by atoms with Crippen molar-refractivity contribution in [1.82, 2.24) is 0 Å². The maximum Gasteiger partial charge on any atom is 0.168 e. The van der Waals surface area contributed by atoms with Crippen LogP contribution in [0.2, 0.25) is 0 Å². The van der Waals surface area contributed by atoms with Gasteiger partial charge in [0.1, 0.15) is 0 Å². The Morgan fingerprint density at radius 1 is 1.33 bits per heavy atom. The zero-order chi connectivity index (χ0) is 10.7. The summed E-state index contributed by atoms with van der Waals surface area (Å²) in [5, 5.41) is 0.642. The normalized spacial score (nSPS) is 25.7. The average Bonchev–Trinajstić information content (AvgIpc) is 2.66. The van der Waals surface area contributed by atoms with E-state index in [9.17, 15) is 0 Å². The molecule has 1 saturated heterocycles. The summed E-state index contributed by atoms with van der Waals surface area (Å²) in [7, 11) is 0. The van der Waals surface area contributed by atoms with Gasteiger partial charge in [0.2, 0.25) is 0 Å². The fourth-order valence-corrected chi connectivity index (χ4v) is 2.37. The van der Waals surface area contributed by atoms with E-state index in [1.807, 2.05) is 6.92 Å². The van der Waals surface area contributed by atoms with Gasteiger partial charge in [-0.1, -0.05) is 0 Å². The molecule has 2 aliphatic rings. The minimum atomic E-state index is -0.247. The second-order valence-corrected chi connectivity index (χ2v) is 4.93. The smallest absolute Gasteiger partial charge is 0.168 e. The molecule has 0 aromatic rings. The van der Waals surface area contributed by atoms with E-state index in [1.54, 1.807) is 0 Å². The molecule has 2 fully saturated rings. The highest BCUT2D eigenvalue weighted by molar-refractivity contribution is 7.80. The van der Waals surface area contributed by atoms with Crippen LogP contribution in [0.3, 0.4) is 0 Å². The molecule has 0 unspecified atom stereocenters. The molecule has 2 rings (SSSR count). The molecular formula is C11H18O3S. The molecule has 1 aliphatic carbocycles. The number of thiocarbonyl (C=S) groups is 1. The second-order valence-electron chi connectivity index (χ2n) is 4.35. The standard InChI is InChI=1S/C11H18O3S/c1-9(15)12-8-10-2-4-11(5-3-10)13-6-7-14-11/h10H,2-8H2,1H3. The molecule has 15 heavy (non-hydrogen) atoms. The first-order chi connectivity index (χ1) is 7.20. The van der Waals surface area contributed by atoms with Gasteiger partial charge >= 0.3 is 0 Å². The Morgan fingerprint density at radius 3 is 2.47 bits per heavy atom. The van der Waals surface area contributed by atoms with Crippen molar-refractivity contribution in [1.29, 1.82) is 0 Å². The quantitative estimate of drug-likeness (QED) is 0.680. The molecule has 4 heteroatoms. The van der Waals surface area contributed by atoms with Crippen LogP contribution in [0.4, 0.5) is 0 Å². The Hall–Kier alpha value is -0.190. The molecule has 0 bridgehead atoms. The second kappa shape index (κ2) is 4.76. The highest BCUT2D eigenvalue weighted by Crippen LogP contribution is 2.38. The maximum absolute atomic E-state index is 5.67. The summed E-state index contributed by atoms with van der Waals surface area (Å²) >= 11 is 4.89. The summed E-state index contributed by atoms with van der Waals surface area (Å²) in [6, 6.07) is 0.